The van der Waals surface area contributed by atoms with Crippen LogP contribution in [0.15, 0.2) is 4.52 Å². The maximum absolute atomic E-state index is 5.85. The quantitative estimate of drug-likeness (QED) is 0.870. The second-order valence-corrected chi connectivity index (χ2v) is 5.02. The van der Waals surface area contributed by atoms with Gasteiger partial charge < -0.3 is 15.0 Å². The molecule has 0 aromatic carbocycles. The number of nitrogens with two attached hydrogens (primary N) is 1. The minimum Gasteiger partial charge on any atom is -0.383 e. The first kappa shape index (κ1) is 12.5. The van der Waals surface area contributed by atoms with Crippen molar-refractivity contribution in [1.82, 2.24) is 10.1 Å². The van der Waals surface area contributed by atoms with E-state index in [2.05, 4.69) is 17.1 Å². The molecule has 3 atom stereocenters. The third-order valence-electron chi connectivity index (χ3n) is 3.42. The van der Waals surface area contributed by atoms with Gasteiger partial charge in [0, 0.05) is 13.0 Å². The minimum absolute atomic E-state index is 0.317. The highest BCUT2D eigenvalue weighted by molar-refractivity contribution is 4.99. The Labute approximate surface area is 102 Å². The van der Waals surface area contributed by atoms with E-state index < -0.39 is 0 Å². The molecule has 0 bridgehead atoms. The fourth-order valence-corrected chi connectivity index (χ4v) is 2.48. The molecule has 1 aromatic heterocycles. The smallest absolute Gasteiger partial charge is 0.245 e. The fraction of sp³-hybridized carbons (Fsp3) is 0.833. The number of aromatic nitrogens is 2. The van der Waals surface area contributed by atoms with E-state index in [0.29, 0.717) is 18.4 Å². The van der Waals surface area contributed by atoms with E-state index in [9.17, 15) is 0 Å². The first-order valence-electron chi connectivity index (χ1n) is 6.28. The first-order chi connectivity index (χ1) is 8.20. The van der Waals surface area contributed by atoms with E-state index in [1.165, 1.54) is 12.8 Å². The highest BCUT2D eigenvalue weighted by Crippen LogP contribution is 2.34. The van der Waals surface area contributed by atoms with E-state index in [1.807, 2.05) is 0 Å². The number of hydrogen-bond donors (Lipinski definition) is 1. The Morgan fingerprint density at radius 1 is 1.53 bits per heavy atom. The Hall–Kier alpha value is -0.940. The molecule has 5 heteroatoms. The molecular formula is C12H21N3O2. The summed E-state index contributed by atoms with van der Waals surface area (Å²) in [6.07, 6.45) is 4.87. The zero-order valence-electron chi connectivity index (χ0n) is 10.6. The van der Waals surface area contributed by atoms with E-state index in [-0.39, 0.29) is 6.04 Å². The molecule has 1 fully saturated rings. The van der Waals surface area contributed by atoms with Crippen LogP contribution in [-0.4, -0.2) is 23.9 Å². The molecular weight excluding hydrogens is 218 g/mol. The Balaban J connectivity index is 2.02. The van der Waals surface area contributed by atoms with E-state index in [1.54, 1.807) is 7.11 Å². The summed E-state index contributed by atoms with van der Waals surface area (Å²) in [5.41, 5.74) is 5.85. The molecule has 3 unspecified atom stereocenters. The standard InChI is InChI=1S/C12H21N3O2/c1-8-4-3-5-9(6-8)11-14-12(17-15-11)10(13)7-16-2/h8-10H,3-7,13H2,1-2H3. The lowest BCUT2D eigenvalue weighted by Crippen LogP contribution is -2.17. The molecule has 96 valence electrons. The molecule has 2 N–H and O–H groups in total. The van der Waals surface area contributed by atoms with Gasteiger partial charge in [-0.15, -0.1) is 0 Å². The SMILES string of the molecule is COCC(N)c1nc(C2CCCC(C)C2)no1. The Kier molecular flexibility index (Phi) is 4.12. The molecule has 0 spiro atoms. The molecule has 0 radical (unpaired) electrons. The third kappa shape index (κ3) is 3.04. The molecule has 1 aliphatic rings. The Bertz CT molecular complexity index is 353. The van der Waals surface area contributed by atoms with Crippen LogP contribution in [-0.2, 0) is 4.74 Å². The van der Waals surface area contributed by atoms with Crippen molar-refractivity contribution >= 4 is 0 Å². The van der Waals surface area contributed by atoms with Crippen LogP contribution in [0.3, 0.4) is 0 Å². The van der Waals surface area contributed by atoms with Crippen molar-refractivity contribution in [2.75, 3.05) is 13.7 Å². The van der Waals surface area contributed by atoms with Crippen LogP contribution in [0, 0.1) is 5.92 Å². The predicted molar refractivity (Wildman–Crippen MR) is 63.5 cm³/mol. The average Bonchev–Trinajstić information content (AvgIpc) is 2.78. The number of hydrogen-bond acceptors (Lipinski definition) is 5. The van der Waals surface area contributed by atoms with Gasteiger partial charge in [0.1, 0.15) is 6.04 Å². The van der Waals surface area contributed by atoms with Crippen molar-refractivity contribution < 1.29 is 9.26 Å². The summed E-state index contributed by atoms with van der Waals surface area (Å²) in [6.45, 7) is 2.69. The van der Waals surface area contributed by atoms with Gasteiger partial charge in [-0.3, -0.25) is 0 Å². The van der Waals surface area contributed by atoms with Gasteiger partial charge in [-0.2, -0.15) is 4.98 Å². The molecule has 0 aliphatic heterocycles. The molecule has 1 aromatic rings. The third-order valence-corrected chi connectivity index (χ3v) is 3.42. The fourth-order valence-electron chi connectivity index (χ4n) is 2.48. The second-order valence-electron chi connectivity index (χ2n) is 5.02. The van der Waals surface area contributed by atoms with E-state index in [0.717, 1.165) is 24.6 Å². The zero-order valence-corrected chi connectivity index (χ0v) is 10.6. The van der Waals surface area contributed by atoms with Crippen LogP contribution in [0.2, 0.25) is 0 Å². The van der Waals surface area contributed by atoms with Gasteiger partial charge in [-0.25, -0.2) is 0 Å². The van der Waals surface area contributed by atoms with Crippen LogP contribution in [0.25, 0.3) is 0 Å². The van der Waals surface area contributed by atoms with E-state index in [4.69, 9.17) is 15.0 Å². The largest absolute Gasteiger partial charge is 0.383 e. The average molecular weight is 239 g/mol. The summed E-state index contributed by atoms with van der Waals surface area (Å²) < 4.78 is 10.2. The first-order valence-corrected chi connectivity index (χ1v) is 6.28. The van der Waals surface area contributed by atoms with Crippen LogP contribution >= 0.6 is 0 Å². The van der Waals surface area contributed by atoms with Gasteiger partial charge in [0.15, 0.2) is 5.82 Å². The van der Waals surface area contributed by atoms with Crippen molar-refractivity contribution in [1.29, 1.82) is 0 Å². The lowest BCUT2D eigenvalue weighted by molar-refractivity contribution is 0.166. The van der Waals surface area contributed by atoms with Gasteiger partial charge >= 0.3 is 0 Å². The van der Waals surface area contributed by atoms with Gasteiger partial charge in [-0.1, -0.05) is 24.9 Å². The summed E-state index contributed by atoms with van der Waals surface area (Å²) in [7, 11) is 1.61. The summed E-state index contributed by atoms with van der Waals surface area (Å²) in [4.78, 5) is 4.40. The summed E-state index contributed by atoms with van der Waals surface area (Å²) in [5, 5.41) is 4.06. The lowest BCUT2D eigenvalue weighted by atomic mass is 9.82. The van der Waals surface area contributed by atoms with Crippen LogP contribution in [0.1, 0.15) is 56.3 Å². The molecule has 17 heavy (non-hydrogen) atoms. The van der Waals surface area contributed by atoms with Crippen molar-refractivity contribution in [2.24, 2.45) is 11.7 Å². The Morgan fingerprint density at radius 3 is 3.06 bits per heavy atom. The van der Waals surface area contributed by atoms with Gasteiger partial charge in [0.05, 0.1) is 6.61 Å². The second kappa shape index (κ2) is 5.60. The zero-order chi connectivity index (χ0) is 12.3. The van der Waals surface area contributed by atoms with Crippen molar-refractivity contribution in [3.8, 4) is 0 Å². The molecule has 0 saturated heterocycles. The van der Waals surface area contributed by atoms with Crippen molar-refractivity contribution in [3.63, 3.8) is 0 Å². The summed E-state index contributed by atoms with van der Waals surface area (Å²) in [5.74, 6) is 2.49. The topological polar surface area (TPSA) is 74.2 Å². The minimum atomic E-state index is -0.317. The molecule has 0 amide bonds. The van der Waals surface area contributed by atoms with Gasteiger partial charge in [0.25, 0.3) is 0 Å². The van der Waals surface area contributed by atoms with Crippen LogP contribution < -0.4 is 5.73 Å². The Morgan fingerprint density at radius 2 is 2.35 bits per heavy atom. The monoisotopic (exact) mass is 239 g/mol. The van der Waals surface area contributed by atoms with Crippen LogP contribution in [0.4, 0.5) is 0 Å². The molecule has 1 aliphatic carbocycles. The van der Waals surface area contributed by atoms with E-state index >= 15 is 0 Å². The van der Waals surface area contributed by atoms with Gasteiger partial charge in [-0.05, 0) is 18.8 Å². The maximum Gasteiger partial charge on any atom is 0.245 e. The predicted octanol–water partition coefficient (Wildman–Crippen LogP) is 2.01. The summed E-state index contributed by atoms with van der Waals surface area (Å²) >= 11 is 0. The number of rotatable bonds is 4. The normalized spacial score (nSPS) is 27.0. The molecule has 5 nitrogen and oxygen atoms in total. The number of nitrogens with zero attached hydrogens (tertiary/aromatic N) is 2. The number of ether oxygens (including phenoxy) is 1. The maximum atomic E-state index is 5.85. The molecule has 1 saturated carbocycles. The van der Waals surface area contributed by atoms with Gasteiger partial charge in [0.2, 0.25) is 5.89 Å². The number of methoxy groups -OCH3 is 1. The lowest BCUT2D eigenvalue weighted by Gasteiger charge is -2.23. The van der Waals surface area contributed by atoms with Crippen LogP contribution in [0.5, 0.6) is 0 Å². The molecule has 1 heterocycles. The van der Waals surface area contributed by atoms with Crippen molar-refractivity contribution in [3.05, 3.63) is 11.7 Å². The van der Waals surface area contributed by atoms with Crippen molar-refractivity contribution in [2.45, 2.75) is 44.6 Å². The molecule has 2 rings (SSSR count). The summed E-state index contributed by atoms with van der Waals surface area (Å²) in [6, 6.07) is -0.317. The highest BCUT2D eigenvalue weighted by Gasteiger charge is 2.25. The highest BCUT2D eigenvalue weighted by atomic mass is 16.5.